The van der Waals surface area contributed by atoms with Gasteiger partial charge < -0.3 is 4.42 Å². The Morgan fingerprint density at radius 2 is 1.56 bits per heavy atom. The van der Waals surface area contributed by atoms with Crippen LogP contribution < -0.4 is 0 Å². The third kappa shape index (κ3) is 2.71. The number of rotatable bonds is 2. The molecule has 0 radical (unpaired) electrons. The molecule has 2 heterocycles. The van der Waals surface area contributed by atoms with Gasteiger partial charge in [0.15, 0.2) is 0 Å². The maximum atomic E-state index is 6.19. The summed E-state index contributed by atoms with van der Waals surface area (Å²) in [5.74, 6) is 0. The van der Waals surface area contributed by atoms with Crippen molar-refractivity contribution in [1.29, 1.82) is 0 Å². The van der Waals surface area contributed by atoms with Gasteiger partial charge in [0.25, 0.3) is 0 Å². The highest BCUT2D eigenvalue weighted by molar-refractivity contribution is 6.15. The van der Waals surface area contributed by atoms with Crippen molar-refractivity contribution in [3.05, 3.63) is 78.5 Å². The minimum absolute atomic E-state index is 0.0985. The normalized spacial score (nSPS) is 12.2. The fourth-order valence-corrected chi connectivity index (χ4v) is 3.68. The lowest BCUT2D eigenvalue weighted by molar-refractivity contribution is 0.669. The molecule has 0 bridgehead atoms. The van der Waals surface area contributed by atoms with Gasteiger partial charge in [-0.05, 0) is 58.0 Å². The van der Waals surface area contributed by atoms with E-state index in [9.17, 15) is 0 Å². The molecular formula is C24H20BNO. The molecule has 27 heavy (non-hydrogen) atoms. The zero-order valence-electron chi connectivity index (χ0n) is 15.8. The first-order valence-corrected chi connectivity index (χ1v) is 9.31. The van der Waals surface area contributed by atoms with E-state index in [1.54, 1.807) is 0 Å². The van der Waals surface area contributed by atoms with Crippen LogP contribution in [0.2, 0.25) is 0 Å². The average molecular weight is 349 g/mol. The Labute approximate surface area is 159 Å². The molecule has 3 aromatic carbocycles. The van der Waals surface area contributed by atoms with Gasteiger partial charge in [0, 0.05) is 22.5 Å². The van der Waals surface area contributed by atoms with Crippen LogP contribution in [0.4, 0.5) is 0 Å². The lowest BCUT2D eigenvalue weighted by Gasteiger charge is -2.19. The molecule has 0 aliphatic carbocycles. The van der Waals surface area contributed by atoms with E-state index in [4.69, 9.17) is 4.42 Å². The molecule has 0 aliphatic heterocycles. The Balaban J connectivity index is 1.70. The Morgan fingerprint density at radius 3 is 2.33 bits per heavy atom. The van der Waals surface area contributed by atoms with Crippen LogP contribution in [0, 0.1) is 0 Å². The van der Waals surface area contributed by atoms with E-state index in [0.717, 1.165) is 33.2 Å². The first-order valence-electron chi connectivity index (χ1n) is 9.31. The maximum absolute atomic E-state index is 6.19. The molecule has 0 unspecified atom stereocenters. The number of hydrogen-bond acceptors (Lipinski definition) is 2. The summed E-state index contributed by atoms with van der Waals surface area (Å²) in [7, 11) is 2.22. The summed E-state index contributed by atoms with van der Waals surface area (Å²) in [5, 5.41) is 4.83. The van der Waals surface area contributed by atoms with Gasteiger partial charge in [-0.3, -0.25) is 4.98 Å². The lowest BCUT2D eigenvalue weighted by Crippen LogP contribution is -2.16. The fourth-order valence-electron chi connectivity index (χ4n) is 3.68. The minimum atomic E-state index is 0.0985. The molecular weight excluding hydrogens is 329 g/mol. The molecule has 3 heteroatoms. The summed E-state index contributed by atoms with van der Waals surface area (Å²) in [6.45, 7) is 4.44. The molecule has 0 fully saturated rings. The molecule has 0 spiro atoms. The topological polar surface area (TPSA) is 26.0 Å². The summed E-state index contributed by atoms with van der Waals surface area (Å²) >= 11 is 0. The zero-order chi connectivity index (χ0) is 18.6. The van der Waals surface area contributed by atoms with E-state index >= 15 is 0 Å². The quantitative estimate of drug-likeness (QED) is 0.384. The zero-order valence-corrected chi connectivity index (χ0v) is 15.8. The fraction of sp³-hybridized carbons (Fsp3) is 0.125. The highest BCUT2D eigenvalue weighted by atomic mass is 16.3. The van der Waals surface area contributed by atoms with Gasteiger partial charge in [0.1, 0.15) is 19.0 Å². The SMILES string of the molecule is BC(C)(C)c1ccnc(-c2ccc3c(c2)oc2cc4ccccc4cc23)c1. The van der Waals surface area contributed by atoms with Crippen LogP contribution >= 0.6 is 0 Å². The molecule has 0 atom stereocenters. The first kappa shape index (κ1) is 16.1. The highest BCUT2D eigenvalue weighted by Crippen LogP contribution is 2.34. The van der Waals surface area contributed by atoms with Gasteiger partial charge in [-0.25, -0.2) is 0 Å². The van der Waals surface area contributed by atoms with E-state index in [1.165, 1.54) is 16.3 Å². The second-order valence-corrected chi connectivity index (χ2v) is 8.19. The molecule has 2 nitrogen and oxygen atoms in total. The number of furan rings is 1. The first-order chi connectivity index (χ1) is 13.0. The summed E-state index contributed by atoms with van der Waals surface area (Å²) in [6.07, 6.45) is 1.89. The van der Waals surface area contributed by atoms with Crippen molar-refractivity contribution in [2.45, 2.75) is 19.2 Å². The van der Waals surface area contributed by atoms with Gasteiger partial charge in [0.2, 0.25) is 0 Å². The largest absolute Gasteiger partial charge is 0.456 e. The summed E-state index contributed by atoms with van der Waals surface area (Å²) < 4.78 is 6.19. The molecule has 0 N–H and O–H groups in total. The molecule has 0 aliphatic rings. The second-order valence-electron chi connectivity index (χ2n) is 8.19. The Morgan fingerprint density at radius 1 is 0.815 bits per heavy atom. The van der Waals surface area contributed by atoms with Crippen molar-refractivity contribution < 1.29 is 4.42 Å². The lowest BCUT2D eigenvalue weighted by atomic mass is 9.67. The van der Waals surface area contributed by atoms with Crippen LogP contribution in [-0.2, 0) is 5.31 Å². The molecule has 5 aromatic rings. The Kier molecular flexibility index (Phi) is 3.42. The van der Waals surface area contributed by atoms with E-state index in [2.05, 4.69) is 93.4 Å². The van der Waals surface area contributed by atoms with Gasteiger partial charge in [-0.1, -0.05) is 44.2 Å². The van der Waals surface area contributed by atoms with E-state index in [1.807, 2.05) is 6.20 Å². The van der Waals surface area contributed by atoms with Gasteiger partial charge in [-0.15, -0.1) is 0 Å². The van der Waals surface area contributed by atoms with Crippen LogP contribution in [0.3, 0.4) is 0 Å². The van der Waals surface area contributed by atoms with Gasteiger partial charge in [-0.2, -0.15) is 0 Å². The highest BCUT2D eigenvalue weighted by Gasteiger charge is 2.15. The summed E-state index contributed by atoms with van der Waals surface area (Å²) in [4.78, 5) is 4.59. The van der Waals surface area contributed by atoms with Crippen LogP contribution in [0.25, 0.3) is 44.0 Å². The maximum Gasteiger partial charge on any atom is 0.136 e. The monoisotopic (exact) mass is 349 g/mol. The molecule has 2 aromatic heterocycles. The minimum Gasteiger partial charge on any atom is -0.456 e. The third-order valence-electron chi connectivity index (χ3n) is 5.26. The van der Waals surface area contributed by atoms with Gasteiger partial charge in [0.05, 0.1) is 5.69 Å². The van der Waals surface area contributed by atoms with Crippen LogP contribution in [-0.4, -0.2) is 12.8 Å². The van der Waals surface area contributed by atoms with E-state index in [0.29, 0.717) is 0 Å². The van der Waals surface area contributed by atoms with Crippen molar-refractivity contribution in [2.24, 2.45) is 0 Å². The Bertz CT molecular complexity index is 1310. The standard InChI is InChI=1S/C24H20BNO/c1-24(2,25)18-9-10-26-21(14-18)17-7-8-19-20-11-15-5-3-4-6-16(15)12-23(20)27-22(19)13-17/h3-14H,25H2,1-2H3. The van der Waals surface area contributed by atoms with Crippen molar-refractivity contribution in [3.63, 3.8) is 0 Å². The van der Waals surface area contributed by atoms with Crippen LogP contribution in [0.15, 0.2) is 77.3 Å². The van der Waals surface area contributed by atoms with Gasteiger partial charge >= 0.3 is 0 Å². The summed E-state index contributed by atoms with van der Waals surface area (Å²) in [6, 6.07) is 23.4. The van der Waals surface area contributed by atoms with Crippen molar-refractivity contribution in [3.8, 4) is 11.3 Å². The molecule has 0 saturated heterocycles. The van der Waals surface area contributed by atoms with Crippen molar-refractivity contribution in [2.75, 3.05) is 0 Å². The predicted molar refractivity (Wildman–Crippen MR) is 116 cm³/mol. The number of aromatic nitrogens is 1. The smallest absolute Gasteiger partial charge is 0.136 e. The average Bonchev–Trinajstić information content (AvgIpc) is 3.02. The number of benzene rings is 3. The summed E-state index contributed by atoms with van der Waals surface area (Å²) in [5.41, 5.74) is 5.17. The van der Waals surface area contributed by atoms with Crippen LogP contribution in [0.1, 0.15) is 19.4 Å². The third-order valence-corrected chi connectivity index (χ3v) is 5.26. The van der Waals surface area contributed by atoms with E-state index in [-0.39, 0.29) is 5.31 Å². The molecule has 0 amide bonds. The molecule has 130 valence electrons. The second kappa shape index (κ2) is 5.72. The number of nitrogens with zero attached hydrogens (tertiary/aromatic N) is 1. The molecule has 0 saturated carbocycles. The molecule has 5 rings (SSSR count). The van der Waals surface area contributed by atoms with E-state index < -0.39 is 0 Å². The van der Waals surface area contributed by atoms with Crippen LogP contribution in [0.5, 0.6) is 0 Å². The number of hydrogen-bond donors (Lipinski definition) is 0. The van der Waals surface area contributed by atoms with Crippen molar-refractivity contribution >= 4 is 40.6 Å². The number of fused-ring (bicyclic) bond motifs is 4. The number of pyridine rings is 1. The predicted octanol–water partition coefficient (Wildman–Crippen LogP) is 5.67. The Hall–Kier alpha value is -3.07. The van der Waals surface area contributed by atoms with Crippen molar-refractivity contribution in [1.82, 2.24) is 4.98 Å².